The summed E-state index contributed by atoms with van der Waals surface area (Å²) in [5, 5.41) is 87.8. The quantitative estimate of drug-likeness (QED) is 0.0204. The molecule has 106 heavy (non-hydrogen) atoms. The Kier molecular flexibility index (Phi) is 70.5. The Morgan fingerprint density at radius 3 is 1.04 bits per heavy atom. The maximum Gasteiger partial charge on any atom is 0.220 e. The van der Waals surface area contributed by atoms with Crippen LogP contribution >= 0.6 is 0 Å². The molecule has 2 rings (SSSR count). The molecule has 2 saturated heterocycles. The number of amides is 1. The first-order valence-corrected chi connectivity index (χ1v) is 45.2. The highest BCUT2D eigenvalue weighted by molar-refractivity contribution is 5.76. The molecule has 2 heterocycles. The largest absolute Gasteiger partial charge is 0.394 e. The zero-order valence-electron chi connectivity index (χ0n) is 68.4. The summed E-state index contributed by atoms with van der Waals surface area (Å²) in [4.78, 5) is 13.4. The Bertz CT molecular complexity index is 2060. The normalized spacial score (nSPS) is 21.6. The van der Waals surface area contributed by atoms with Crippen molar-refractivity contribution in [3.05, 3.63) is 72.9 Å². The summed E-state index contributed by atoms with van der Waals surface area (Å²) in [5.41, 5.74) is 0. The minimum Gasteiger partial charge on any atom is -0.394 e. The highest BCUT2D eigenvalue weighted by Crippen LogP contribution is 2.31. The van der Waals surface area contributed by atoms with E-state index < -0.39 is 86.8 Å². The van der Waals surface area contributed by atoms with Crippen LogP contribution in [0.3, 0.4) is 0 Å². The van der Waals surface area contributed by atoms with Crippen LogP contribution in [0.15, 0.2) is 72.9 Å². The van der Waals surface area contributed by atoms with E-state index in [4.69, 9.17) is 18.9 Å². The van der Waals surface area contributed by atoms with E-state index in [1.165, 1.54) is 321 Å². The van der Waals surface area contributed by atoms with Gasteiger partial charge in [-0.15, -0.1) is 0 Å². The van der Waals surface area contributed by atoms with Gasteiger partial charge in [0.15, 0.2) is 12.6 Å². The van der Waals surface area contributed by atoms with Gasteiger partial charge in [0, 0.05) is 6.42 Å². The second-order valence-corrected chi connectivity index (χ2v) is 31.7. The molecular weight excluding hydrogens is 1330 g/mol. The number of carbonyl (C=O) groups is 1. The van der Waals surface area contributed by atoms with Crippen molar-refractivity contribution in [2.24, 2.45) is 0 Å². The second-order valence-electron chi connectivity index (χ2n) is 31.7. The van der Waals surface area contributed by atoms with E-state index in [0.29, 0.717) is 12.8 Å². The summed E-state index contributed by atoms with van der Waals surface area (Å²) in [6.07, 6.45) is 88.9. The standard InChI is InChI=1S/C92H169NO13/c1-3-5-7-9-11-13-15-17-19-21-23-25-27-29-31-33-35-36-37-38-39-40-41-42-43-44-46-48-50-52-54-56-58-60-62-64-66-68-70-72-74-76-84(97)93-80(79-103-91-89(102)87(100)90(83(78-95)105-91)106-92-88(101)86(99)85(98)82(77-94)104-92)81(96)75-73-71-69-67-65-63-61-59-57-55-53-51-49-47-45-34-32-30-28-26-24-22-20-18-16-14-12-10-8-6-4-2/h5,7,11,13,17,19,23,25,65,67,73,75,80-83,85-92,94-96,98-102H,3-4,6,8-10,12,14-16,18,20-22,24,26-64,66,68-72,74,76-79H2,1-2H3,(H,93,97)/b7-5-,13-11-,19-17-,25-23-,67-65+,75-73+. The van der Waals surface area contributed by atoms with Crippen LogP contribution in [0.2, 0.25) is 0 Å². The molecule has 0 aliphatic carbocycles. The number of aliphatic hydroxyl groups is 8. The minimum atomic E-state index is -1.79. The lowest BCUT2D eigenvalue weighted by molar-refractivity contribution is -0.359. The van der Waals surface area contributed by atoms with Crippen molar-refractivity contribution >= 4 is 5.91 Å². The van der Waals surface area contributed by atoms with Crippen molar-refractivity contribution in [2.45, 2.75) is 485 Å². The average Bonchev–Trinajstić information content (AvgIpc) is 0.790. The summed E-state index contributed by atoms with van der Waals surface area (Å²) >= 11 is 0. The molecule has 9 N–H and O–H groups in total. The van der Waals surface area contributed by atoms with Crippen LogP contribution in [0.4, 0.5) is 0 Å². The van der Waals surface area contributed by atoms with E-state index in [-0.39, 0.29) is 18.9 Å². The smallest absolute Gasteiger partial charge is 0.220 e. The summed E-state index contributed by atoms with van der Waals surface area (Å²) in [7, 11) is 0. The molecule has 2 aliphatic heterocycles. The molecule has 0 aromatic rings. The van der Waals surface area contributed by atoms with Crippen LogP contribution in [0, 0.1) is 0 Å². The van der Waals surface area contributed by atoms with E-state index in [1.54, 1.807) is 6.08 Å². The lowest BCUT2D eigenvalue weighted by atomic mass is 9.97. The number of unbranched alkanes of at least 4 members (excludes halogenated alkanes) is 54. The van der Waals surface area contributed by atoms with Crippen LogP contribution in [0.25, 0.3) is 0 Å². The number of ether oxygens (including phenoxy) is 4. The third-order valence-electron chi connectivity index (χ3n) is 21.9. The van der Waals surface area contributed by atoms with Gasteiger partial charge < -0.3 is 65.1 Å². The van der Waals surface area contributed by atoms with E-state index in [1.807, 2.05) is 6.08 Å². The Hall–Kier alpha value is -2.57. The van der Waals surface area contributed by atoms with Gasteiger partial charge in [-0.2, -0.15) is 0 Å². The number of hydrogen-bond donors (Lipinski definition) is 9. The van der Waals surface area contributed by atoms with Gasteiger partial charge in [0.05, 0.1) is 32.0 Å². The van der Waals surface area contributed by atoms with Crippen molar-refractivity contribution in [1.29, 1.82) is 0 Å². The fourth-order valence-corrected chi connectivity index (χ4v) is 14.8. The second kappa shape index (κ2) is 75.1. The molecule has 12 unspecified atom stereocenters. The Labute approximate surface area is 650 Å². The van der Waals surface area contributed by atoms with Gasteiger partial charge in [-0.05, 0) is 70.6 Å². The number of hydrogen-bond acceptors (Lipinski definition) is 13. The summed E-state index contributed by atoms with van der Waals surface area (Å²) in [5.74, 6) is -0.241. The molecule has 12 atom stereocenters. The molecular formula is C92H169NO13. The third kappa shape index (κ3) is 56.6. The molecule has 1 amide bonds. The van der Waals surface area contributed by atoms with Crippen molar-refractivity contribution in [3.8, 4) is 0 Å². The van der Waals surface area contributed by atoms with Gasteiger partial charge in [0.2, 0.25) is 5.91 Å². The molecule has 0 radical (unpaired) electrons. The van der Waals surface area contributed by atoms with Crippen molar-refractivity contribution in [2.75, 3.05) is 19.8 Å². The topological polar surface area (TPSA) is 228 Å². The first-order valence-electron chi connectivity index (χ1n) is 45.2. The Morgan fingerprint density at radius 1 is 0.349 bits per heavy atom. The highest BCUT2D eigenvalue weighted by atomic mass is 16.7. The summed E-state index contributed by atoms with van der Waals surface area (Å²) in [6, 6.07) is -0.934. The van der Waals surface area contributed by atoms with Gasteiger partial charge in [0.1, 0.15) is 48.8 Å². The molecule has 0 spiro atoms. The number of rotatable bonds is 77. The van der Waals surface area contributed by atoms with Crippen LogP contribution in [0.1, 0.15) is 412 Å². The average molecular weight is 1500 g/mol. The molecule has 0 aromatic carbocycles. The fraction of sp³-hybridized carbons (Fsp3) is 0.859. The van der Waals surface area contributed by atoms with Gasteiger partial charge in [-0.25, -0.2) is 0 Å². The van der Waals surface area contributed by atoms with E-state index in [2.05, 4.69) is 79.9 Å². The van der Waals surface area contributed by atoms with Gasteiger partial charge in [0.25, 0.3) is 0 Å². The predicted molar refractivity (Wildman–Crippen MR) is 443 cm³/mol. The molecule has 620 valence electrons. The zero-order valence-corrected chi connectivity index (χ0v) is 68.4. The van der Waals surface area contributed by atoms with E-state index >= 15 is 0 Å². The van der Waals surface area contributed by atoms with Crippen molar-refractivity contribution < 1.29 is 64.6 Å². The first-order chi connectivity index (χ1) is 52.1. The number of carbonyl (C=O) groups excluding carboxylic acids is 1. The lowest BCUT2D eigenvalue weighted by Crippen LogP contribution is -2.65. The van der Waals surface area contributed by atoms with E-state index in [0.717, 1.165) is 57.8 Å². The number of allylic oxidation sites excluding steroid dienone is 11. The summed E-state index contributed by atoms with van der Waals surface area (Å²) < 4.78 is 22.9. The third-order valence-corrected chi connectivity index (χ3v) is 21.9. The predicted octanol–water partition coefficient (Wildman–Crippen LogP) is 22.0. The van der Waals surface area contributed by atoms with Gasteiger partial charge in [-0.3, -0.25) is 4.79 Å². The maximum absolute atomic E-state index is 13.4. The monoisotopic (exact) mass is 1500 g/mol. The first kappa shape index (κ1) is 99.5. The summed E-state index contributed by atoms with van der Waals surface area (Å²) in [6.45, 7) is 2.74. The number of aliphatic hydroxyl groups excluding tert-OH is 8. The lowest BCUT2D eigenvalue weighted by Gasteiger charge is -2.46. The van der Waals surface area contributed by atoms with Crippen molar-refractivity contribution in [3.63, 3.8) is 0 Å². The van der Waals surface area contributed by atoms with Crippen LogP contribution in [-0.4, -0.2) is 140 Å². The highest BCUT2D eigenvalue weighted by Gasteiger charge is 2.51. The van der Waals surface area contributed by atoms with Crippen LogP contribution in [-0.2, 0) is 23.7 Å². The zero-order chi connectivity index (χ0) is 76.5. The molecule has 0 saturated carbocycles. The van der Waals surface area contributed by atoms with Crippen molar-refractivity contribution in [1.82, 2.24) is 5.32 Å². The molecule has 2 fully saturated rings. The molecule has 0 bridgehead atoms. The Balaban J connectivity index is 1.56. The SMILES string of the molecule is CC/C=C\C/C=C\C/C=C\C/C=C\CCCCCCCCCCCCCCCCCCCCCCCCCCCCCCC(=O)NC(COC1OC(CO)C(OC2OC(CO)C(O)C(O)C2O)C(O)C1O)C(O)/C=C/CC/C=C/CCCCCCCCCCCCCCCCCCCCCCCCCCC. The number of nitrogens with one attached hydrogen (secondary N) is 1. The molecule has 0 aromatic heterocycles. The molecule has 14 heteroatoms. The maximum atomic E-state index is 13.4. The fourth-order valence-electron chi connectivity index (χ4n) is 14.8. The van der Waals surface area contributed by atoms with Crippen LogP contribution < -0.4 is 5.32 Å². The molecule has 14 nitrogen and oxygen atoms in total. The van der Waals surface area contributed by atoms with Crippen LogP contribution in [0.5, 0.6) is 0 Å². The minimum absolute atomic E-state index is 0.241. The molecule has 2 aliphatic rings. The van der Waals surface area contributed by atoms with E-state index in [9.17, 15) is 45.6 Å². The Morgan fingerprint density at radius 2 is 0.660 bits per heavy atom. The van der Waals surface area contributed by atoms with Gasteiger partial charge in [-0.1, -0.05) is 408 Å². The van der Waals surface area contributed by atoms with Gasteiger partial charge >= 0.3 is 0 Å².